The highest BCUT2D eigenvalue weighted by molar-refractivity contribution is 5.39. The first-order valence-corrected chi connectivity index (χ1v) is 8.19. The van der Waals surface area contributed by atoms with Gasteiger partial charge in [0.2, 0.25) is 0 Å². The molecule has 0 saturated heterocycles. The Balaban J connectivity index is 1.72. The van der Waals surface area contributed by atoms with Crippen LogP contribution >= 0.6 is 0 Å². The lowest BCUT2D eigenvalue weighted by atomic mass is 9.84. The van der Waals surface area contributed by atoms with E-state index in [1.807, 2.05) is 0 Å². The maximum Gasteiger partial charge on any atom is 0.119 e. The minimum absolute atomic E-state index is 0.534. The summed E-state index contributed by atoms with van der Waals surface area (Å²) in [6.45, 7) is 2.39. The van der Waals surface area contributed by atoms with Gasteiger partial charge >= 0.3 is 0 Å². The van der Waals surface area contributed by atoms with Crippen LogP contribution in [0.1, 0.15) is 62.6 Å². The molecule has 0 aromatic heterocycles. The smallest absolute Gasteiger partial charge is 0.119 e. The van der Waals surface area contributed by atoms with Crippen LogP contribution in [-0.4, -0.2) is 13.2 Å². The van der Waals surface area contributed by atoms with Gasteiger partial charge in [-0.05, 0) is 74.1 Å². The van der Waals surface area contributed by atoms with Crippen LogP contribution in [0.2, 0.25) is 0 Å². The number of rotatable bonds is 3. The van der Waals surface area contributed by atoms with E-state index in [2.05, 4.69) is 30.4 Å². The van der Waals surface area contributed by atoms with Gasteiger partial charge < -0.3 is 10.1 Å². The van der Waals surface area contributed by atoms with Crippen molar-refractivity contribution < 1.29 is 4.74 Å². The number of hydrogen-bond donors (Lipinski definition) is 1. The average Bonchev–Trinajstić information content (AvgIpc) is 2.49. The van der Waals surface area contributed by atoms with Crippen molar-refractivity contribution in [1.29, 1.82) is 0 Å². The molecule has 0 amide bonds. The van der Waals surface area contributed by atoms with Crippen LogP contribution in [0, 0.1) is 5.92 Å². The minimum Gasteiger partial charge on any atom is -0.497 e. The summed E-state index contributed by atoms with van der Waals surface area (Å²) in [5, 5.41) is 3.93. The summed E-state index contributed by atoms with van der Waals surface area (Å²) >= 11 is 0. The molecule has 1 fully saturated rings. The molecule has 110 valence electrons. The standard InChI is InChI=1S/C18H27NO/c1-13-6-9-15(10-7-13)19-18-5-3-4-14-8-11-16(20-2)12-17(14)18/h8,11-13,15,18-19H,3-7,9-10H2,1-2H3. The van der Waals surface area contributed by atoms with E-state index in [4.69, 9.17) is 4.74 Å². The van der Waals surface area contributed by atoms with Crippen molar-refractivity contribution in [2.75, 3.05) is 7.11 Å². The highest BCUT2D eigenvalue weighted by atomic mass is 16.5. The second-order valence-corrected chi connectivity index (χ2v) is 6.63. The molecule has 2 aliphatic carbocycles. The zero-order valence-corrected chi connectivity index (χ0v) is 12.8. The van der Waals surface area contributed by atoms with Gasteiger partial charge in [-0.15, -0.1) is 0 Å². The molecule has 1 atom stereocenters. The summed E-state index contributed by atoms with van der Waals surface area (Å²) in [7, 11) is 1.76. The maximum atomic E-state index is 5.40. The predicted molar refractivity (Wildman–Crippen MR) is 83.2 cm³/mol. The van der Waals surface area contributed by atoms with Crippen molar-refractivity contribution in [3.63, 3.8) is 0 Å². The monoisotopic (exact) mass is 273 g/mol. The Hall–Kier alpha value is -1.02. The van der Waals surface area contributed by atoms with E-state index in [0.717, 1.165) is 11.7 Å². The van der Waals surface area contributed by atoms with Crippen molar-refractivity contribution in [3.8, 4) is 5.75 Å². The van der Waals surface area contributed by atoms with Crippen LogP contribution in [0.25, 0.3) is 0 Å². The van der Waals surface area contributed by atoms with Gasteiger partial charge in [0.25, 0.3) is 0 Å². The van der Waals surface area contributed by atoms with Crippen molar-refractivity contribution in [3.05, 3.63) is 29.3 Å². The zero-order valence-electron chi connectivity index (χ0n) is 12.8. The number of hydrogen-bond acceptors (Lipinski definition) is 2. The largest absolute Gasteiger partial charge is 0.497 e. The Labute approximate surface area is 122 Å². The van der Waals surface area contributed by atoms with Gasteiger partial charge in [0, 0.05) is 12.1 Å². The van der Waals surface area contributed by atoms with Gasteiger partial charge in [-0.1, -0.05) is 13.0 Å². The predicted octanol–water partition coefficient (Wildman–Crippen LogP) is 4.24. The Bertz CT molecular complexity index is 449. The molecule has 1 unspecified atom stereocenters. The molecule has 2 heteroatoms. The Kier molecular flexibility index (Phi) is 4.30. The van der Waals surface area contributed by atoms with Crippen molar-refractivity contribution >= 4 is 0 Å². The van der Waals surface area contributed by atoms with Gasteiger partial charge in [-0.2, -0.15) is 0 Å². The SMILES string of the molecule is COc1ccc2c(c1)C(NC1CCC(C)CC1)CCC2. The quantitative estimate of drug-likeness (QED) is 0.889. The van der Waals surface area contributed by atoms with Crippen LogP contribution in [0.15, 0.2) is 18.2 Å². The molecule has 1 aromatic rings. The third kappa shape index (κ3) is 3.01. The van der Waals surface area contributed by atoms with Gasteiger partial charge in [0.05, 0.1) is 7.11 Å². The molecular formula is C18H27NO. The van der Waals surface area contributed by atoms with Crippen LogP contribution < -0.4 is 10.1 Å². The van der Waals surface area contributed by atoms with Crippen molar-refractivity contribution in [2.45, 2.75) is 64.0 Å². The van der Waals surface area contributed by atoms with Gasteiger partial charge in [0.15, 0.2) is 0 Å². The summed E-state index contributed by atoms with van der Waals surface area (Å²) in [6.07, 6.45) is 9.25. The van der Waals surface area contributed by atoms with Gasteiger partial charge in [-0.3, -0.25) is 0 Å². The maximum absolute atomic E-state index is 5.40. The summed E-state index contributed by atoms with van der Waals surface area (Å²) in [4.78, 5) is 0. The van der Waals surface area contributed by atoms with E-state index < -0.39 is 0 Å². The van der Waals surface area contributed by atoms with E-state index in [0.29, 0.717) is 12.1 Å². The fourth-order valence-corrected chi connectivity index (χ4v) is 3.79. The van der Waals surface area contributed by atoms with E-state index in [1.165, 1.54) is 56.1 Å². The zero-order chi connectivity index (χ0) is 13.9. The molecule has 0 spiro atoms. The Morgan fingerprint density at radius 3 is 2.65 bits per heavy atom. The molecule has 2 aliphatic rings. The van der Waals surface area contributed by atoms with Gasteiger partial charge in [0.1, 0.15) is 5.75 Å². The van der Waals surface area contributed by atoms with E-state index in [-0.39, 0.29) is 0 Å². The molecule has 0 bridgehead atoms. The Morgan fingerprint density at radius 1 is 1.10 bits per heavy atom. The first-order valence-electron chi connectivity index (χ1n) is 8.19. The number of methoxy groups -OCH3 is 1. The second-order valence-electron chi connectivity index (χ2n) is 6.63. The summed E-state index contributed by atoms with van der Waals surface area (Å²) in [6, 6.07) is 7.85. The summed E-state index contributed by atoms with van der Waals surface area (Å²) in [5.74, 6) is 1.92. The normalized spacial score (nSPS) is 29.8. The average molecular weight is 273 g/mol. The molecular weight excluding hydrogens is 246 g/mol. The molecule has 0 aliphatic heterocycles. The second kappa shape index (κ2) is 6.17. The first kappa shape index (κ1) is 13.9. The highest BCUT2D eigenvalue weighted by Gasteiger charge is 2.25. The molecule has 3 rings (SSSR count). The molecule has 2 nitrogen and oxygen atoms in total. The first-order chi connectivity index (χ1) is 9.76. The number of aryl methyl sites for hydroxylation is 1. The minimum atomic E-state index is 0.534. The van der Waals surface area contributed by atoms with Crippen LogP contribution in [0.4, 0.5) is 0 Å². The summed E-state index contributed by atoms with van der Waals surface area (Å²) in [5.41, 5.74) is 2.99. The lowest BCUT2D eigenvalue weighted by Crippen LogP contribution is -2.37. The Morgan fingerprint density at radius 2 is 1.90 bits per heavy atom. The molecule has 1 aromatic carbocycles. The molecule has 0 heterocycles. The highest BCUT2D eigenvalue weighted by Crippen LogP contribution is 2.34. The number of ether oxygens (including phenoxy) is 1. The van der Waals surface area contributed by atoms with E-state index in [9.17, 15) is 0 Å². The third-order valence-corrected chi connectivity index (χ3v) is 5.12. The number of nitrogens with one attached hydrogen (secondary N) is 1. The van der Waals surface area contributed by atoms with E-state index >= 15 is 0 Å². The van der Waals surface area contributed by atoms with Crippen LogP contribution in [-0.2, 0) is 6.42 Å². The van der Waals surface area contributed by atoms with E-state index in [1.54, 1.807) is 7.11 Å². The third-order valence-electron chi connectivity index (χ3n) is 5.12. The topological polar surface area (TPSA) is 21.3 Å². The van der Waals surface area contributed by atoms with Crippen molar-refractivity contribution in [2.24, 2.45) is 5.92 Å². The molecule has 1 N–H and O–H groups in total. The number of fused-ring (bicyclic) bond motifs is 1. The van der Waals surface area contributed by atoms with Crippen molar-refractivity contribution in [1.82, 2.24) is 5.32 Å². The lowest BCUT2D eigenvalue weighted by Gasteiger charge is -2.34. The summed E-state index contributed by atoms with van der Waals surface area (Å²) < 4.78 is 5.40. The molecule has 1 saturated carbocycles. The molecule has 20 heavy (non-hydrogen) atoms. The fourth-order valence-electron chi connectivity index (χ4n) is 3.79. The van der Waals surface area contributed by atoms with Gasteiger partial charge in [-0.25, -0.2) is 0 Å². The fraction of sp³-hybridized carbons (Fsp3) is 0.667. The van der Waals surface area contributed by atoms with Crippen LogP contribution in [0.3, 0.4) is 0 Å². The lowest BCUT2D eigenvalue weighted by molar-refractivity contribution is 0.277. The molecule has 0 radical (unpaired) electrons. The number of benzene rings is 1. The van der Waals surface area contributed by atoms with Crippen LogP contribution in [0.5, 0.6) is 5.75 Å².